The lowest BCUT2D eigenvalue weighted by Crippen LogP contribution is -2.21. The molecule has 21 heavy (non-hydrogen) atoms. The van der Waals surface area contributed by atoms with Gasteiger partial charge in [-0.3, -0.25) is 9.36 Å². The van der Waals surface area contributed by atoms with Crippen molar-refractivity contribution < 1.29 is 0 Å². The van der Waals surface area contributed by atoms with Crippen molar-refractivity contribution in [3.63, 3.8) is 0 Å². The summed E-state index contributed by atoms with van der Waals surface area (Å²) in [5, 5.41) is 1.17. The Morgan fingerprint density at radius 2 is 2.14 bits per heavy atom. The molecule has 3 nitrogen and oxygen atoms in total. The molecule has 106 valence electrons. The zero-order chi connectivity index (χ0) is 14.4. The SMILES string of the molecule is O=c1c2sc(-c3ccccc3)cc2nc2n1CC(CS)S2. The van der Waals surface area contributed by atoms with Gasteiger partial charge in [0.2, 0.25) is 0 Å². The van der Waals surface area contributed by atoms with E-state index in [-0.39, 0.29) is 5.56 Å². The van der Waals surface area contributed by atoms with E-state index in [9.17, 15) is 4.79 Å². The summed E-state index contributed by atoms with van der Waals surface area (Å²) in [5.41, 5.74) is 2.02. The van der Waals surface area contributed by atoms with Gasteiger partial charge >= 0.3 is 0 Å². The van der Waals surface area contributed by atoms with Crippen LogP contribution in [0.3, 0.4) is 0 Å². The zero-order valence-corrected chi connectivity index (χ0v) is 13.5. The minimum atomic E-state index is 0.0824. The Labute approximate surface area is 135 Å². The molecule has 2 aromatic heterocycles. The maximum atomic E-state index is 12.6. The second kappa shape index (κ2) is 5.19. The molecular formula is C15H12N2OS3. The van der Waals surface area contributed by atoms with Gasteiger partial charge in [-0.15, -0.1) is 11.3 Å². The fourth-order valence-corrected chi connectivity index (χ4v) is 4.89. The van der Waals surface area contributed by atoms with Crippen LogP contribution < -0.4 is 5.56 Å². The molecule has 1 aliphatic heterocycles. The van der Waals surface area contributed by atoms with E-state index in [0.29, 0.717) is 11.8 Å². The van der Waals surface area contributed by atoms with E-state index in [0.717, 1.165) is 31.6 Å². The van der Waals surface area contributed by atoms with Gasteiger partial charge in [0, 0.05) is 22.4 Å². The predicted molar refractivity (Wildman–Crippen MR) is 92.8 cm³/mol. The maximum Gasteiger partial charge on any atom is 0.272 e. The fraction of sp³-hybridized carbons (Fsp3) is 0.200. The highest BCUT2D eigenvalue weighted by Crippen LogP contribution is 2.35. The third kappa shape index (κ3) is 2.22. The summed E-state index contributed by atoms with van der Waals surface area (Å²) in [4.78, 5) is 18.4. The Bertz CT molecular complexity index is 870. The maximum absolute atomic E-state index is 12.6. The van der Waals surface area contributed by atoms with Crippen molar-refractivity contribution in [1.82, 2.24) is 9.55 Å². The minimum Gasteiger partial charge on any atom is -0.285 e. The number of benzene rings is 1. The average Bonchev–Trinajstić information content (AvgIpc) is 3.12. The first-order valence-corrected chi connectivity index (χ1v) is 8.96. The summed E-state index contributed by atoms with van der Waals surface area (Å²) >= 11 is 7.50. The first-order chi connectivity index (χ1) is 10.3. The fourth-order valence-electron chi connectivity index (χ4n) is 2.47. The first kappa shape index (κ1) is 13.4. The molecule has 0 amide bonds. The predicted octanol–water partition coefficient (Wildman–Crippen LogP) is 3.53. The number of hydrogen-bond acceptors (Lipinski definition) is 5. The number of aromatic nitrogens is 2. The van der Waals surface area contributed by atoms with Crippen LogP contribution in [-0.4, -0.2) is 20.6 Å². The molecule has 3 heterocycles. The molecule has 6 heteroatoms. The topological polar surface area (TPSA) is 34.9 Å². The van der Waals surface area contributed by atoms with Crippen molar-refractivity contribution in [3.8, 4) is 10.4 Å². The van der Waals surface area contributed by atoms with E-state index in [1.807, 2.05) is 24.3 Å². The molecule has 0 fully saturated rings. The molecule has 0 spiro atoms. The van der Waals surface area contributed by atoms with Gasteiger partial charge in [-0.25, -0.2) is 4.98 Å². The van der Waals surface area contributed by atoms with Crippen molar-refractivity contribution in [2.75, 3.05) is 5.75 Å². The number of nitrogens with zero attached hydrogens (tertiary/aromatic N) is 2. The molecule has 1 unspecified atom stereocenters. The molecule has 0 saturated heterocycles. The standard InChI is InChI=1S/C15H12N2OS3/c18-14-13-11(16-15-17(14)7-10(8-19)20-15)6-12(21-13)9-4-2-1-3-5-9/h1-6,10,19H,7-8H2. The molecular weight excluding hydrogens is 320 g/mol. The van der Waals surface area contributed by atoms with E-state index >= 15 is 0 Å². The van der Waals surface area contributed by atoms with Gasteiger partial charge in [-0.1, -0.05) is 42.1 Å². The number of thioether (sulfide) groups is 1. The van der Waals surface area contributed by atoms with E-state index in [1.165, 1.54) is 11.3 Å². The number of fused-ring (bicyclic) bond motifs is 2. The Morgan fingerprint density at radius 1 is 1.33 bits per heavy atom. The minimum absolute atomic E-state index is 0.0824. The van der Waals surface area contributed by atoms with Crippen LogP contribution in [0.5, 0.6) is 0 Å². The van der Waals surface area contributed by atoms with Gasteiger partial charge in [0.15, 0.2) is 5.16 Å². The second-order valence-electron chi connectivity index (χ2n) is 4.92. The van der Waals surface area contributed by atoms with Crippen LogP contribution in [0.15, 0.2) is 46.3 Å². The largest absolute Gasteiger partial charge is 0.285 e. The molecule has 3 aromatic rings. The van der Waals surface area contributed by atoms with Gasteiger partial charge in [-0.2, -0.15) is 12.6 Å². The van der Waals surface area contributed by atoms with E-state index in [4.69, 9.17) is 0 Å². The van der Waals surface area contributed by atoms with Crippen LogP contribution in [0.2, 0.25) is 0 Å². The van der Waals surface area contributed by atoms with Crippen LogP contribution in [0, 0.1) is 0 Å². The molecule has 0 radical (unpaired) electrons. The lowest BCUT2D eigenvalue weighted by atomic mass is 10.2. The zero-order valence-electron chi connectivity index (χ0n) is 11.0. The Kier molecular flexibility index (Phi) is 3.32. The van der Waals surface area contributed by atoms with Crippen molar-refractivity contribution in [2.45, 2.75) is 17.0 Å². The van der Waals surface area contributed by atoms with Crippen LogP contribution in [0.4, 0.5) is 0 Å². The monoisotopic (exact) mass is 332 g/mol. The molecule has 0 bridgehead atoms. The van der Waals surface area contributed by atoms with Gasteiger partial charge < -0.3 is 0 Å². The molecule has 1 aromatic carbocycles. The number of hydrogen-bond donors (Lipinski definition) is 1. The van der Waals surface area contributed by atoms with Crippen LogP contribution in [-0.2, 0) is 6.54 Å². The van der Waals surface area contributed by atoms with Gasteiger partial charge in [0.1, 0.15) is 4.70 Å². The van der Waals surface area contributed by atoms with E-state index in [1.54, 1.807) is 16.3 Å². The molecule has 1 atom stereocenters. The van der Waals surface area contributed by atoms with E-state index in [2.05, 4.69) is 29.7 Å². The van der Waals surface area contributed by atoms with Gasteiger partial charge in [0.05, 0.1) is 5.52 Å². The third-order valence-electron chi connectivity index (χ3n) is 3.52. The molecule has 0 N–H and O–H groups in total. The normalized spacial score (nSPS) is 17.3. The van der Waals surface area contributed by atoms with Crippen LogP contribution in [0.25, 0.3) is 20.7 Å². The highest BCUT2D eigenvalue weighted by atomic mass is 32.2. The van der Waals surface area contributed by atoms with Crippen molar-refractivity contribution in [3.05, 3.63) is 46.8 Å². The van der Waals surface area contributed by atoms with Crippen molar-refractivity contribution in [1.29, 1.82) is 0 Å². The first-order valence-electron chi connectivity index (χ1n) is 6.63. The Balaban J connectivity index is 1.88. The van der Waals surface area contributed by atoms with Crippen LogP contribution >= 0.6 is 35.7 Å². The van der Waals surface area contributed by atoms with Gasteiger partial charge in [0.25, 0.3) is 5.56 Å². The Morgan fingerprint density at radius 3 is 2.90 bits per heavy atom. The molecule has 4 rings (SSSR count). The van der Waals surface area contributed by atoms with Gasteiger partial charge in [-0.05, 0) is 11.6 Å². The smallest absolute Gasteiger partial charge is 0.272 e. The molecule has 1 aliphatic rings. The number of thiophene rings is 1. The summed E-state index contributed by atoms with van der Waals surface area (Å²) in [6.45, 7) is 0.712. The van der Waals surface area contributed by atoms with Crippen molar-refractivity contribution >= 4 is 45.9 Å². The lowest BCUT2D eigenvalue weighted by Gasteiger charge is -2.00. The lowest BCUT2D eigenvalue weighted by molar-refractivity contribution is 0.633. The summed E-state index contributed by atoms with van der Waals surface area (Å²) in [5.74, 6) is 0.760. The third-order valence-corrected chi connectivity index (χ3v) is 6.54. The quantitative estimate of drug-likeness (QED) is 0.576. The highest BCUT2D eigenvalue weighted by molar-refractivity contribution is 8.00. The summed E-state index contributed by atoms with van der Waals surface area (Å²) in [6.07, 6.45) is 0. The molecule has 0 aliphatic carbocycles. The highest BCUT2D eigenvalue weighted by Gasteiger charge is 2.25. The van der Waals surface area contributed by atoms with Crippen molar-refractivity contribution in [2.24, 2.45) is 0 Å². The van der Waals surface area contributed by atoms with Crippen LogP contribution in [0.1, 0.15) is 0 Å². The summed E-state index contributed by atoms with van der Waals surface area (Å²) in [7, 11) is 0. The average molecular weight is 332 g/mol. The second-order valence-corrected chi connectivity index (χ2v) is 7.61. The number of rotatable bonds is 2. The summed E-state index contributed by atoms with van der Waals surface area (Å²) in [6, 6.07) is 12.1. The number of thiol groups is 1. The Hall–Kier alpha value is -1.24. The summed E-state index contributed by atoms with van der Waals surface area (Å²) < 4.78 is 2.54. The van der Waals surface area contributed by atoms with E-state index < -0.39 is 0 Å². The molecule has 0 saturated carbocycles.